The summed E-state index contributed by atoms with van der Waals surface area (Å²) in [4.78, 5) is 0. The van der Waals surface area contributed by atoms with Gasteiger partial charge in [-0.3, -0.25) is 0 Å². The van der Waals surface area contributed by atoms with Crippen molar-refractivity contribution in [3.05, 3.63) is 24.3 Å². The van der Waals surface area contributed by atoms with Crippen molar-refractivity contribution < 1.29 is 5.11 Å². The molecule has 17 heavy (non-hydrogen) atoms. The van der Waals surface area contributed by atoms with Gasteiger partial charge < -0.3 is 5.11 Å². The van der Waals surface area contributed by atoms with Crippen LogP contribution in [0.4, 0.5) is 0 Å². The maximum absolute atomic E-state index is 9.10. The summed E-state index contributed by atoms with van der Waals surface area (Å²) in [7, 11) is 0. The van der Waals surface area contributed by atoms with Crippen LogP contribution in [-0.2, 0) is 0 Å². The lowest BCUT2D eigenvalue weighted by molar-refractivity contribution is 0.243. The van der Waals surface area contributed by atoms with Gasteiger partial charge in [-0.15, -0.1) is 0 Å². The molecule has 1 heteroatoms. The molecule has 0 aliphatic heterocycles. The number of hydrogen-bond acceptors (Lipinski definition) is 1. The number of unbranched alkanes of at least 4 members (excludes halogenated alkanes) is 2. The zero-order valence-corrected chi connectivity index (χ0v) is 11.4. The predicted molar refractivity (Wildman–Crippen MR) is 74.9 cm³/mol. The Morgan fingerprint density at radius 2 is 1.94 bits per heavy atom. The first kappa shape index (κ1) is 14.5. The highest BCUT2D eigenvalue weighted by Gasteiger charge is 2.34. The monoisotopic (exact) mass is 236 g/mol. The minimum Gasteiger partial charge on any atom is -0.389 e. The van der Waals surface area contributed by atoms with Crippen LogP contribution in [-0.4, -0.2) is 11.2 Å². The molecule has 1 aliphatic rings. The average Bonchev–Trinajstić information content (AvgIpc) is 3.01. The summed E-state index contributed by atoms with van der Waals surface area (Å²) < 4.78 is 0. The van der Waals surface area contributed by atoms with Gasteiger partial charge in [0, 0.05) is 0 Å². The van der Waals surface area contributed by atoms with E-state index in [9.17, 15) is 0 Å². The molecule has 0 heterocycles. The standard InChI is InChI=1S/C16H28O/c1-3-4-5-6-7-8-11-15-13-16(15)12-9-10-14(2)17/h6-7,9-10,14-17H,3-5,8,11-13H2,1-2H3/b7-6+,10-9+. The SMILES string of the molecule is CCCC/C=C/CCC1CC1C/C=C/C(C)O. The van der Waals surface area contributed by atoms with Crippen LogP contribution in [0.2, 0.25) is 0 Å². The molecule has 1 nitrogen and oxygen atoms in total. The Kier molecular flexibility index (Phi) is 7.27. The van der Waals surface area contributed by atoms with Crippen molar-refractivity contribution in [3.8, 4) is 0 Å². The Hall–Kier alpha value is -0.560. The Morgan fingerprint density at radius 1 is 1.18 bits per heavy atom. The summed E-state index contributed by atoms with van der Waals surface area (Å²) in [6, 6.07) is 0. The van der Waals surface area contributed by atoms with Crippen molar-refractivity contribution >= 4 is 0 Å². The maximum atomic E-state index is 9.10. The van der Waals surface area contributed by atoms with Crippen molar-refractivity contribution in [2.75, 3.05) is 0 Å². The number of aliphatic hydroxyl groups excluding tert-OH is 1. The lowest BCUT2D eigenvalue weighted by Gasteiger charge is -1.96. The lowest BCUT2D eigenvalue weighted by atomic mass is 10.1. The van der Waals surface area contributed by atoms with Crippen LogP contribution in [0.15, 0.2) is 24.3 Å². The normalized spacial score (nSPS) is 25.8. The second-order valence-electron chi connectivity index (χ2n) is 5.35. The summed E-state index contributed by atoms with van der Waals surface area (Å²) in [5.74, 6) is 1.85. The molecule has 0 spiro atoms. The molecule has 3 atom stereocenters. The number of allylic oxidation sites excluding steroid dienone is 3. The van der Waals surface area contributed by atoms with Crippen molar-refractivity contribution in [1.29, 1.82) is 0 Å². The molecule has 1 saturated carbocycles. The molecule has 1 fully saturated rings. The van der Waals surface area contributed by atoms with E-state index < -0.39 is 0 Å². The smallest absolute Gasteiger partial charge is 0.0692 e. The molecule has 0 aromatic carbocycles. The fourth-order valence-electron chi connectivity index (χ4n) is 2.27. The van der Waals surface area contributed by atoms with E-state index in [0.29, 0.717) is 0 Å². The lowest BCUT2D eigenvalue weighted by Crippen LogP contribution is -1.91. The summed E-state index contributed by atoms with van der Waals surface area (Å²) in [5, 5.41) is 9.10. The zero-order valence-electron chi connectivity index (χ0n) is 11.4. The highest BCUT2D eigenvalue weighted by molar-refractivity contribution is 4.96. The van der Waals surface area contributed by atoms with Gasteiger partial charge in [0.1, 0.15) is 0 Å². The molecule has 3 unspecified atom stereocenters. The minimum absolute atomic E-state index is 0.284. The van der Waals surface area contributed by atoms with Gasteiger partial charge >= 0.3 is 0 Å². The highest BCUT2D eigenvalue weighted by atomic mass is 16.3. The fourth-order valence-corrected chi connectivity index (χ4v) is 2.27. The molecule has 1 rings (SSSR count). The van der Waals surface area contributed by atoms with E-state index in [2.05, 4.69) is 25.2 Å². The van der Waals surface area contributed by atoms with E-state index in [4.69, 9.17) is 5.11 Å². The molecule has 0 amide bonds. The number of aliphatic hydroxyl groups is 1. The molecular weight excluding hydrogens is 208 g/mol. The van der Waals surface area contributed by atoms with Crippen molar-refractivity contribution in [2.45, 2.75) is 64.9 Å². The summed E-state index contributed by atoms with van der Waals surface area (Å²) in [5.41, 5.74) is 0. The van der Waals surface area contributed by atoms with Crippen LogP contribution in [0.5, 0.6) is 0 Å². The Morgan fingerprint density at radius 3 is 2.65 bits per heavy atom. The number of hydrogen-bond donors (Lipinski definition) is 1. The third-order valence-electron chi connectivity index (χ3n) is 3.52. The van der Waals surface area contributed by atoms with E-state index in [1.54, 1.807) is 0 Å². The molecule has 0 radical (unpaired) electrons. The number of rotatable bonds is 9. The van der Waals surface area contributed by atoms with Gasteiger partial charge in [-0.2, -0.15) is 0 Å². The van der Waals surface area contributed by atoms with E-state index in [1.807, 2.05) is 13.0 Å². The zero-order chi connectivity index (χ0) is 12.5. The second-order valence-corrected chi connectivity index (χ2v) is 5.35. The van der Waals surface area contributed by atoms with Gasteiger partial charge in [0.05, 0.1) is 6.10 Å². The van der Waals surface area contributed by atoms with Crippen LogP contribution in [0.25, 0.3) is 0 Å². The Balaban J connectivity index is 1.95. The van der Waals surface area contributed by atoms with Crippen LogP contribution in [0.3, 0.4) is 0 Å². The second kappa shape index (κ2) is 8.52. The van der Waals surface area contributed by atoms with Gasteiger partial charge in [0.2, 0.25) is 0 Å². The predicted octanol–water partition coefficient (Wildman–Crippen LogP) is 4.48. The summed E-state index contributed by atoms with van der Waals surface area (Å²) in [6.45, 7) is 4.05. The summed E-state index contributed by atoms with van der Waals surface area (Å²) >= 11 is 0. The fraction of sp³-hybridized carbons (Fsp3) is 0.750. The Bertz CT molecular complexity index is 240. The first-order valence-corrected chi connectivity index (χ1v) is 7.23. The van der Waals surface area contributed by atoms with Gasteiger partial charge in [0.15, 0.2) is 0 Å². The van der Waals surface area contributed by atoms with Crippen molar-refractivity contribution in [1.82, 2.24) is 0 Å². The van der Waals surface area contributed by atoms with Crippen LogP contribution in [0, 0.1) is 11.8 Å². The van der Waals surface area contributed by atoms with Crippen LogP contribution < -0.4 is 0 Å². The van der Waals surface area contributed by atoms with Gasteiger partial charge in [0.25, 0.3) is 0 Å². The van der Waals surface area contributed by atoms with Gasteiger partial charge in [-0.1, -0.05) is 44.1 Å². The van der Waals surface area contributed by atoms with Crippen molar-refractivity contribution in [2.24, 2.45) is 11.8 Å². The van der Waals surface area contributed by atoms with E-state index in [0.717, 1.165) is 18.3 Å². The third kappa shape index (κ3) is 7.38. The first-order chi connectivity index (χ1) is 8.24. The minimum atomic E-state index is -0.284. The van der Waals surface area contributed by atoms with Crippen LogP contribution >= 0.6 is 0 Å². The van der Waals surface area contributed by atoms with Crippen LogP contribution in [0.1, 0.15) is 58.8 Å². The van der Waals surface area contributed by atoms with E-state index in [-0.39, 0.29) is 6.10 Å². The molecule has 0 aromatic rings. The van der Waals surface area contributed by atoms with Gasteiger partial charge in [-0.25, -0.2) is 0 Å². The molecule has 0 aromatic heterocycles. The first-order valence-electron chi connectivity index (χ1n) is 7.23. The Labute approximate surface area is 107 Å². The topological polar surface area (TPSA) is 20.2 Å². The van der Waals surface area contributed by atoms with Crippen molar-refractivity contribution in [3.63, 3.8) is 0 Å². The molecule has 0 saturated heterocycles. The van der Waals surface area contributed by atoms with Gasteiger partial charge in [-0.05, 0) is 50.9 Å². The quantitative estimate of drug-likeness (QED) is 0.462. The summed E-state index contributed by atoms with van der Waals surface area (Å²) in [6.07, 6.45) is 17.5. The third-order valence-corrected chi connectivity index (χ3v) is 3.52. The maximum Gasteiger partial charge on any atom is 0.0692 e. The van der Waals surface area contributed by atoms with E-state index in [1.165, 1.54) is 38.5 Å². The highest BCUT2D eigenvalue weighted by Crippen LogP contribution is 2.44. The molecule has 0 bridgehead atoms. The largest absolute Gasteiger partial charge is 0.389 e. The van der Waals surface area contributed by atoms with E-state index >= 15 is 0 Å². The molecule has 1 aliphatic carbocycles. The molecular formula is C16H28O. The molecule has 1 N–H and O–H groups in total. The molecule has 98 valence electrons. The average molecular weight is 236 g/mol.